The summed E-state index contributed by atoms with van der Waals surface area (Å²) in [6.07, 6.45) is 7.52. The molecule has 3 heterocycles. The smallest absolute Gasteiger partial charge is 0.259 e. The fraction of sp³-hybridized carbons (Fsp3) is 0.250. The third-order valence-corrected chi connectivity index (χ3v) is 6.13. The summed E-state index contributed by atoms with van der Waals surface area (Å²) in [7, 11) is 0. The molecule has 130 valence electrons. The Morgan fingerprint density at radius 2 is 2.08 bits per heavy atom. The number of nitrogens with one attached hydrogen (secondary N) is 1. The SMILES string of the molecule is O=c1[nH]c(Cc2nccn2Cc2ccccc2)nc2sc3c(c12)CCC3. The number of aryl methyl sites for hydroxylation is 2. The Labute approximate surface area is 154 Å². The van der Waals surface area contributed by atoms with Crippen molar-refractivity contribution in [3.05, 3.63) is 80.7 Å². The van der Waals surface area contributed by atoms with Crippen molar-refractivity contribution in [2.45, 2.75) is 32.2 Å². The predicted molar refractivity (Wildman–Crippen MR) is 103 cm³/mol. The Morgan fingerprint density at radius 1 is 1.19 bits per heavy atom. The van der Waals surface area contributed by atoms with Gasteiger partial charge in [0, 0.05) is 23.8 Å². The number of nitrogens with zero attached hydrogens (tertiary/aromatic N) is 3. The van der Waals surface area contributed by atoms with E-state index in [2.05, 4.69) is 26.7 Å². The third-order valence-electron chi connectivity index (χ3n) is 4.95. The van der Waals surface area contributed by atoms with Gasteiger partial charge in [0.2, 0.25) is 0 Å². The summed E-state index contributed by atoms with van der Waals surface area (Å²) in [5, 5.41) is 0.805. The minimum absolute atomic E-state index is 0.00874. The Hall–Kier alpha value is -2.73. The molecule has 4 aromatic rings. The molecule has 0 fully saturated rings. The Balaban J connectivity index is 1.47. The molecule has 26 heavy (non-hydrogen) atoms. The molecule has 6 heteroatoms. The summed E-state index contributed by atoms with van der Waals surface area (Å²) >= 11 is 1.68. The first-order chi connectivity index (χ1) is 12.8. The summed E-state index contributed by atoms with van der Waals surface area (Å²) in [4.78, 5) is 27.0. The molecule has 5 rings (SSSR count). The molecule has 0 spiro atoms. The number of rotatable bonds is 4. The fourth-order valence-electron chi connectivity index (χ4n) is 3.71. The molecule has 3 aromatic heterocycles. The van der Waals surface area contributed by atoms with Crippen LogP contribution in [0.5, 0.6) is 0 Å². The largest absolute Gasteiger partial charge is 0.330 e. The zero-order valence-corrected chi connectivity index (χ0v) is 15.1. The molecule has 1 aromatic carbocycles. The molecular formula is C20H18N4OS. The third kappa shape index (κ3) is 2.66. The van der Waals surface area contributed by atoms with Crippen LogP contribution in [0, 0.1) is 0 Å². The summed E-state index contributed by atoms with van der Waals surface area (Å²) in [6, 6.07) is 10.3. The van der Waals surface area contributed by atoms with E-state index in [1.54, 1.807) is 17.5 Å². The van der Waals surface area contributed by atoms with Crippen LogP contribution >= 0.6 is 11.3 Å². The highest BCUT2D eigenvalue weighted by molar-refractivity contribution is 7.18. The van der Waals surface area contributed by atoms with E-state index in [-0.39, 0.29) is 5.56 Å². The molecule has 0 aliphatic heterocycles. The van der Waals surface area contributed by atoms with Crippen LogP contribution in [-0.4, -0.2) is 19.5 Å². The van der Waals surface area contributed by atoms with Crippen molar-refractivity contribution in [3.63, 3.8) is 0 Å². The maximum Gasteiger partial charge on any atom is 0.259 e. The summed E-state index contributed by atoms with van der Waals surface area (Å²) in [6.45, 7) is 0.760. The van der Waals surface area contributed by atoms with Crippen LogP contribution in [0.4, 0.5) is 0 Å². The molecule has 0 amide bonds. The molecular weight excluding hydrogens is 344 g/mol. The molecule has 1 aliphatic carbocycles. The van der Waals surface area contributed by atoms with E-state index < -0.39 is 0 Å². The lowest BCUT2D eigenvalue weighted by atomic mass is 10.2. The maximum atomic E-state index is 12.6. The van der Waals surface area contributed by atoms with Crippen LogP contribution < -0.4 is 5.56 Å². The molecule has 0 saturated heterocycles. The van der Waals surface area contributed by atoms with Crippen LogP contribution in [-0.2, 0) is 25.8 Å². The van der Waals surface area contributed by atoms with Gasteiger partial charge in [0.1, 0.15) is 16.5 Å². The number of thiophene rings is 1. The number of hydrogen-bond acceptors (Lipinski definition) is 4. The minimum Gasteiger partial charge on any atom is -0.330 e. The van der Waals surface area contributed by atoms with E-state index in [1.165, 1.54) is 16.0 Å². The second kappa shape index (κ2) is 6.21. The average molecular weight is 362 g/mol. The van der Waals surface area contributed by atoms with Gasteiger partial charge in [0.05, 0.1) is 11.8 Å². The summed E-state index contributed by atoms with van der Waals surface area (Å²) < 4.78 is 2.11. The second-order valence-corrected chi connectivity index (χ2v) is 7.77. The molecule has 0 bridgehead atoms. The van der Waals surface area contributed by atoms with Crippen molar-refractivity contribution >= 4 is 21.6 Å². The second-order valence-electron chi connectivity index (χ2n) is 6.68. The van der Waals surface area contributed by atoms with Crippen LogP contribution in [0.15, 0.2) is 47.5 Å². The first kappa shape index (κ1) is 15.5. The van der Waals surface area contributed by atoms with E-state index in [4.69, 9.17) is 4.98 Å². The van der Waals surface area contributed by atoms with Gasteiger partial charge in [-0.3, -0.25) is 4.79 Å². The number of fused-ring (bicyclic) bond motifs is 3. The Bertz CT molecular complexity index is 1140. The van der Waals surface area contributed by atoms with Gasteiger partial charge in [-0.25, -0.2) is 9.97 Å². The highest BCUT2D eigenvalue weighted by Gasteiger charge is 2.21. The van der Waals surface area contributed by atoms with Crippen molar-refractivity contribution in [1.82, 2.24) is 19.5 Å². The first-order valence-electron chi connectivity index (χ1n) is 8.85. The predicted octanol–water partition coefficient (Wildman–Crippen LogP) is 3.31. The highest BCUT2D eigenvalue weighted by atomic mass is 32.1. The molecule has 0 radical (unpaired) electrons. The monoisotopic (exact) mass is 362 g/mol. The number of benzene rings is 1. The van der Waals surface area contributed by atoms with Crippen molar-refractivity contribution < 1.29 is 0 Å². The van der Waals surface area contributed by atoms with E-state index in [0.29, 0.717) is 12.2 Å². The van der Waals surface area contributed by atoms with Gasteiger partial charge >= 0.3 is 0 Å². The Morgan fingerprint density at radius 3 is 2.96 bits per heavy atom. The van der Waals surface area contributed by atoms with Gasteiger partial charge in [0.15, 0.2) is 0 Å². The van der Waals surface area contributed by atoms with Gasteiger partial charge in [-0.2, -0.15) is 0 Å². The van der Waals surface area contributed by atoms with Crippen molar-refractivity contribution in [3.8, 4) is 0 Å². The maximum absolute atomic E-state index is 12.6. The molecule has 0 unspecified atom stereocenters. The van der Waals surface area contributed by atoms with Gasteiger partial charge in [-0.05, 0) is 30.4 Å². The van der Waals surface area contributed by atoms with Gasteiger partial charge in [0.25, 0.3) is 5.56 Å². The van der Waals surface area contributed by atoms with Gasteiger partial charge < -0.3 is 9.55 Å². The molecule has 0 atom stereocenters. The first-order valence-corrected chi connectivity index (χ1v) is 9.67. The lowest BCUT2D eigenvalue weighted by Crippen LogP contribution is -2.14. The van der Waals surface area contributed by atoms with Crippen LogP contribution in [0.1, 0.15) is 34.1 Å². The molecule has 1 aliphatic rings. The van der Waals surface area contributed by atoms with Crippen molar-refractivity contribution in [2.24, 2.45) is 0 Å². The fourth-order valence-corrected chi connectivity index (χ4v) is 4.99. The summed E-state index contributed by atoms with van der Waals surface area (Å²) in [5.74, 6) is 1.59. The van der Waals surface area contributed by atoms with E-state index in [1.807, 2.05) is 24.4 Å². The van der Waals surface area contributed by atoms with E-state index in [9.17, 15) is 4.79 Å². The lowest BCUT2D eigenvalue weighted by molar-refractivity contribution is 0.728. The quantitative estimate of drug-likeness (QED) is 0.606. The lowest BCUT2D eigenvalue weighted by Gasteiger charge is -2.08. The van der Waals surface area contributed by atoms with Crippen LogP contribution in [0.25, 0.3) is 10.2 Å². The number of imidazole rings is 1. The number of aromatic nitrogens is 4. The normalized spacial score (nSPS) is 13.4. The molecule has 1 N–H and O–H groups in total. The number of hydrogen-bond donors (Lipinski definition) is 1. The van der Waals surface area contributed by atoms with Gasteiger partial charge in [-0.15, -0.1) is 11.3 Å². The summed E-state index contributed by atoms with van der Waals surface area (Å²) in [5.41, 5.74) is 2.43. The zero-order valence-electron chi connectivity index (χ0n) is 14.2. The van der Waals surface area contributed by atoms with Crippen molar-refractivity contribution in [2.75, 3.05) is 0 Å². The number of H-pyrrole nitrogens is 1. The van der Waals surface area contributed by atoms with E-state index >= 15 is 0 Å². The molecule has 0 saturated carbocycles. The topological polar surface area (TPSA) is 63.6 Å². The minimum atomic E-state index is -0.00874. The average Bonchev–Trinajstić information content (AvgIpc) is 3.32. The van der Waals surface area contributed by atoms with Crippen molar-refractivity contribution in [1.29, 1.82) is 0 Å². The standard InChI is InChI=1S/C20H18N4OS/c25-19-18-14-7-4-8-15(14)26-20(18)23-16(22-19)11-17-21-9-10-24(17)12-13-5-2-1-3-6-13/h1-3,5-6,9-10H,4,7-8,11-12H2,(H,22,23,25). The van der Waals surface area contributed by atoms with Crippen LogP contribution in [0.2, 0.25) is 0 Å². The number of aromatic amines is 1. The Kier molecular flexibility index (Phi) is 3.71. The van der Waals surface area contributed by atoms with E-state index in [0.717, 1.165) is 41.8 Å². The van der Waals surface area contributed by atoms with Gasteiger partial charge in [-0.1, -0.05) is 30.3 Å². The molecule has 5 nitrogen and oxygen atoms in total. The zero-order chi connectivity index (χ0) is 17.5. The van der Waals surface area contributed by atoms with Crippen LogP contribution in [0.3, 0.4) is 0 Å². The highest BCUT2D eigenvalue weighted by Crippen LogP contribution is 2.34.